The van der Waals surface area contributed by atoms with Crippen molar-refractivity contribution in [1.29, 1.82) is 0 Å². The van der Waals surface area contributed by atoms with Gasteiger partial charge in [-0.1, -0.05) is 50.7 Å². The molecule has 0 amide bonds. The Morgan fingerprint density at radius 3 is 2.26 bits per heavy atom. The minimum atomic E-state index is -0.808. The van der Waals surface area contributed by atoms with Gasteiger partial charge in [-0.25, -0.2) is 0 Å². The minimum absolute atomic E-state index is 0.348. The molecule has 0 aromatic heterocycles. The number of rotatable bonds is 4. The van der Waals surface area contributed by atoms with Crippen LogP contribution < -0.4 is 0 Å². The molecule has 5 heteroatoms. The summed E-state index contributed by atoms with van der Waals surface area (Å²) in [5, 5.41) is 9.49. The number of thiocarbonyl (C=S) groups is 1. The summed E-state index contributed by atoms with van der Waals surface area (Å²) in [6.07, 6.45) is 5.47. The first kappa shape index (κ1) is 16.8. The van der Waals surface area contributed by atoms with Gasteiger partial charge in [-0.05, 0) is 32.1 Å². The second-order valence-electron chi connectivity index (χ2n) is 5.90. The van der Waals surface area contributed by atoms with Gasteiger partial charge in [-0.15, -0.1) is 0 Å². The van der Waals surface area contributed by atoms with Crippen LogP contribution in [0.5, 0.6) is 0 Å². The van der Waals surface area contributed by atoms with Crippen LogP contribution in [0.1, 0.15) is 52.9 Å². The summed E-state index contributed by atoms with van der Waals surface area (Å²) in [5.41, 5.74) is 0. The summed E-state index contributed by atoms with van der Waals surface area (Å²) >= 11 is 6.84. The van der Waals surface area contributed by atoms with Crippen LogP contribution in [0.25, 0.3) is 0 Å². The molecule has 1 N–H and O–H groups in total. The van der Waals surface area contributed by atoms with Crippen LogP contribution >= 0.6 is 24.0 Å². The molecule has 19 heavy (non-hydrogen) atoms. The maximum absolute atomic E-state index is 11.5. The monoisotopic (exact) mass is 303 g/mol. The Labute approximate surface area is 126 Å². The molecule has 110 valence electrons. The molecule has 1 saturated heterocycles. The van der Waals surface area contributed by atoms with Crippen molar-refractivity contribution in [2.75, 3.05) is 13.1 Å². The quantitative estimate of drug-likeness (QED) is 0.801. The summed E-state index contributed by atoms with van der Waals surface area (Å²) in [6.45, 7) is 7.85. The predicted molar refractivity (Wildman–Crippen MR) is 85.7 cm³/mol. The molecule has 3 nitrogen and oxygen atoms in total. The van der Waals surface area contributed by atoms with Gasteiger partial charge in [-0.3, -0.25) is 4.79 Å². The number of carbonyl (C=O) groups is 1. The maximum atomic E-state index is 11.5. The van der Waals surface area contributed by atoms with Gasteiger partial charge in [0.15, 0.2) is 0 Å². The number of nitrogens with zero attached hydrogens (tertiary/aromatic N) is 1. The van der Waals surface area contributed by atoms with Crippen molar-refractivity contribution < 1.29 is 9.90 Å². The van der Waals surface area contributed by atoms with E-state index in [9.17, 15) is 9.90 Å². The first-order chi connectivity index (χ1) is 8.85. The molecule has 1 aliphatic heterocycles. The summed E-state index contributed by atoms with van der Waals surface area (Å²) in [5.74, 6) is -0.413. The lowest BCUT2D eigenvalue weighted by Crippen LogP contribution is -2.38. The molecule has 1 atom stereocenters. The molecule has 0 saturated carbocycles. The maximum Gasteiger partial charge on any atom is 0.319 e. The summed E-state index contributed by atoms with van der Waals surface area (Å²) in [7, 11) is 0. The smallest absolute Gasteiger partial charge is 0.319 e. The minimum Gasteiger partial charge on any atom is -0.480 e. The van der Waals surface area contributed by atoms with Crippen molar-refractivity contribution in [3.8, 4) is 0 Å². The molecule has 0 aromatic carbocycles. The molecule has 1 fully saturated rings. The zero-order valence-electron chi connectivity index (χ0n) is 12.1. The Morgan fingerprint density at radius 2 is 1.84 bits per heavy atom. The Hall–Kier alpha value is -0.290. The van der Waals surface area contributed by atoms with Crippen molar-refractivity contribution in [3.05, 3.63) is 0 Å². The van der Waals surface area contributed by atoms with Crippen LogP contribution in [0.15, 0.2) is 0 Å². The van der Waals surface area contributed by atoms with E-state index in [1.54, 1.807) is 6.92 Å². The van der Waals surface area contributed by atoms with Crippen molar-refractivity contribution in [2.24, 2.45) is 5.92 Å². The lowest BCUT2D eigenvalue weighted by Gasteiger charge is -2.30. The second kappa shape index (κ2) is 7.48. The van der Waals surface area contributed by atoms with Crippen LogP contribution in [0.4, 0.5) is 0 Å². The van der Waals surface area contributed by atoms with Gasteiger partial charge in [0, 0.05) is 13.1 Å². The van der Waals surface area contributed by atoms with Crippen molar-refractivity contribution >= 4 is 34.3 Å². The third-order valence-electron chi connectivity index (χ3n) is 3.43. The second-order valence-corrected chi connectivity index (χ2v) is 8.04. The molecule has 0 bridgehead atoms. The number of carboxylic acids is 1. The highest BCUT2D eigenvalue weighted by Gasteiger charge is 2.37. The summed E-state index contributed by atoms with van der Waals surface area (Å²) < 4.78 is -0.0511. The molecule has 1 rings (SSSR count). The lowest BCUT2D eigenvalue weighted by molar-refractivity contribution is -0.139. The topological polar surface area (TPSA) is 40.5 Å². The number of hydrogen-bond acceptors (Lipinski definition) is 3. The van der Waals surface area contributed by atoms with Gasteiger partial charge >= 0.3 is 5.97 Å². The van der Waals surface area contributed by atoms with Crippen LogP contribution in [-0.2, 0) is 4.79 Å². The van der Waals surface area contributed by atoms with Gasteiger partial charge in [0.25, 0.3) is 0 Å². The number of likely N-dealkylation sites (tertiary alicyclic amines) is 1. The van der Waals surface area contributed by atoms with E-state index in [1.165, 1.54) is 24.6 Å². The third-order valence-corrected chi connectivity index (χ3v) is 5.16. The molecule has 0 aromatic rings. The Kier molecular flexibility index (Phi) is 6.60. The Bertz CT molecular complexity index is 325. The fraction of sp³-hybridized carbons (Fsp3) is 0.857. The van der Waals surface area contributed by atoms with E-state index < -0.39 is 10.7 Å². The standard InChI is InChI=1S/C14H25NO2S2/c1-11(2)10-14(3,12(16)17)19-13(18)15-8-6-4-5-7-9-15/h11H,4-10H2,1-3H3,(H,16,17). The van der Waals surface area contributed by atoms with Crippen LogP contribution in [0.2, 0.25) is 0 Å². The molecule has 1 aliphatic rings. The van der Waals surface area contributed by atoms with Crippen molar-refractivity contribution in [2.45, 2.75) is 57.6 Å². The van der Waals surface area contributed by atoms with E-state index in [-0.39, 0.29) is 0 Å². The fourth-order valence-corrected chi connectivity index (χ4v) is 4.40. The van der Waals surface area contributed by atoms with Crippen LogP contribution in [0, 0.1) is 5.92 Å². The number of aliphatic carboxylic acids is 1. The molecular formula is C14H25NO2S2. The highest BCUT2D eigenvalue weighted by molar-refractivity contribution is 8.24. The first-order valence-corrected chi connectivity index (χ1v) is 8.29. The first-order valence-electron chi connectivity index (χ1n) is 7.06. The highest BCUT2D eigenvalue weighted by atomic mass is 32.2. The molecule has 1 unspecified atom stereocenters. The van der Waals surface area contributed by atoms with Gasteiger partial charge in [0.05, 0.1) is 0 Å². The largest absolute Gasteiger partial charge is 0.480 e. The van der Waals surface area contributed by atoms with Gasteiger partial charge in [0.1, 0.15) is 9.07 Å². The zero-order chi connectivity index (χ0) is 14.5. The molecule has 0 radical (unpaired) electrons. The number of thioether (sulfide) groups is 1. The van der Waals surface area contributed by atoms with E-state index in [0.29, 0.717) is 12.3 Å². The number of carboxylic acid groups (broad SMARTS) is 1. The van der Waals surface area contributed by atoms with E-state index in [2.05, 4.69) is 18.7 Å². The van der Waals surface area contributed by atoms with Crippen molar-refractivity contribution in [1.82, 2.24) is 4.90 Å². The normalized spacial score (nSPS) is 19.9. The SMILES string of the molecule is CC(C)CC(C)(SC(=S)N1CCCCCC1)C(=O)O. The van der Waals surface area contributed by atoms with E-state index in [1.807, 2.05) is 0 Å². The summed E-state index contributed by atoms with van der Waals surface area (Å²) in [4.78, 5) is 13.7. The molecule has 1 heterocycles. The third kappa shape index (κ3) is 5.30. The van der Waals surface area contributed by atoms with E-state index in [4.69, 9.17) is 12.2 Å². The van der Waals surface area contributed by atoms with Gasteiger partial charge < -0.3 is 10.0 Å². The Morgan fingerprint density at radius 1 is 1.32 bits per heavy atom. The predicted octanol–water partition coefficient (Wildman–Crippen LogP) is 3.77. The lowest BCUT2D eigenvalue weighted by atomic mass is 9.98. The van der Waals surface area contributed by atoms with Crippen LogP contribution in [0.3, 0.4) is 0 Å². The average molecular weight is 303 g/mol. The fourth-order valence-electron chi connectivity index (χ4n) is 2.46. The van der Waals surface area contributed by atoms with Crippen molar-refractivity contribution in [3.63, 3.8) is 0 Å². The van der Waals surface area contributed by atoms with E-state index in [0.717, 1.165) is 30.3 Å². The molecule has 0 aliphatic carbocycles. The molecule has 0 spiro atoms. The summed E-state index contributed by atoms with van der Waals surface area (Å²) in [6, 6.07) is 0. The van der Waals surface area contributed by atoms with Crippen LogP contribution in [-0.4, -0.2) is 38.1 Å². The Balaban J connectivity index is 2.67. The zero-order valence-corrected chi connectivity index (χ0v) is 13.8. The van der Waals surface area contributed by atoms with Gasteiger partial charge in [0.2, 0.25) is 0 Å². The van der Waals surface area contributed by atoms with E-state index >= 15 is 0 Å². The number of hydrogen-bond donors (Lipinski definition) is 1. The highest BCUT2D eigenvalue weighted by Crippen LogP contribution is 2.34. The van der Waals surface area contributed by atoms with Gasteiger partial charge in [-0.2, -0.15) is 0 Å². The molecular weight excluding hydrogens is 278 g/mol. The average Bonchev–Trinajstić information content (AvgIpc) is 2.55.